The molecule has 1 aliphatic rings. The van der Waals surface area contributed by atoms with Crippen molar-refractivity contribution in [1.29, 1.82) is 0 Å². The van der Waals surface area contributed by atoms with Crippen molar-refractivity contribution in [3.8, 4) is 11.1 Å². The summed E-state index contributed by atoms with van der Waals surface area (Å²) in [6.45, 7) is 1.76. The Balaban J connectivity index is 1.70. The predicted octanol–water partition coefficient (Wildman–Crippen LogP) is 3.72. The average molecular weight is 368 g/mol. The van der Waals surface area contributed by atoms with Crippen molar-refractivity contribution in [2.45, 2.75) is 31.9 Å². The largest absolute Gasteiger partial charge is 0.376 e. The summed E-state index contributed by atoms with van der Waals surface area (Å²) in [5.74, 6) is 0. The molecule has 0 radical (unpaired) electrons. The first-order valence-corrected chi connectivity index (χ1v) is 7.79. The summed E-state index contributed by atoms with van der Waals surface area (Å²) in [6, 6.07) is 8.52. The van der Waals surface area contributed by atoms with E-state index in [1.165, 1.54) is 27.5 Å². The molecule has 0 aliphatic carbocycles. The van der Waals surface area contributed by atoms with Crippen molar-refractivity contribution in [2.75, 3.05) is 6.61 Å². The Kier molecular flexibility index (Phi) is 4.18. The van der Waals surface area contributed by atoms with Crippen LogP contribution in [0.5, 0.6) is 0 Å². The number of hydrogen-bond acceptors (Lipinski definition) is 2. The molecule has 100 valence electrons. The van der Waals surface area contributed by atoms with E-state index >= 15 is 0 Å². The van der Waals surface area contributed by atoms with Gasteiger partial charge in [0.05, 0.1) is 18.8 Å². The van der Waals surface area contributed by atoms with Gasteiger partial charge in [-0.2, -0.15) is 5.10 Å². The molecule has 4 heteroatoms. The van der Waals surface area contributed by atoms with Crippen LogP contribution in [-0.2, 0) is 11.3 Å². The normalized spacial score (nSPS) is 19.5. The molecule has 1 aromatic carbocycles. The molecule has 1 fully saturated rings. The van der Waals surface area contributed by atoms with Crippen LogP contribution in [0.15, 0.2) is 36.7 Å². The third kappa shape index (κ3) is 3.36. The molecule has 19 heavy (non-hydrogen) atoms. The third-order valence-electron chi connectivity index (χ3n) is 3.48. The lowest BCUT2D eigenvalue weighted by Crippen LogP contribution is -2.24. The zero-order valence-electron chi connectivity index (χ0n) is 10.8. The van der Waals surface area contributed by atoms with E-state index in [0.29, 0.717) is 6.10 Å². The zero-order valence-corrected chi connectivity index (χ0v) is 12.9. The van der Waals surface area contributed by atoms with Gasteiger partial charge in [0.2, 0.25) is 0 Å². The highest BCUT2D eigenvalue weighted by Gasteiger charge is 2.14. The Morgan fingerprint density at radius 1 is 1.21 bits per heavy atom. The Bertz CT molecular complexity index is 529. The lowest BCUT2D eigenvalue weighted by molar-refractivity contribution is 0.00400. The van der Waals surface area contributed by atoms with Crippen molar-refractivity contribution in [3.05, 3.63) is 40.2 Å². The topological polar surface area (TPSA) is 27.1 Å². The Hall–Kier alpha value is -0.880. The fourth-order valence-corrected chi connectivity index (χ4v) is 2.77. The van der Waals surface area contributed by atoms with Gasteiger partial charge in [0, 0.05) is 21.9 Å². The number of aromatic nitrogens is 2. The Labute approximate surface area is 127 Å². The van der Waals surface area contributed by atoms with Gasteiger partial charge in [-0.15, -0.1) is 0 Å². The summed E-state index contributed by atoms with van der Waals surface area (Å²) >= 11 is 2.32. The molecule has 1 unspecified atom stereocenters. The van der Waals surface area contributed by atoms with E-state index in [1.807, 2.05) is 10.9 Å². The fourth-order valence-electron chi connectivity index (χ4n) is 2.41. The first kappa shape index (κ1) is 13.1. The maximum atomic E-state index is 5.75. The van der Waals surface area contributed by atoms with Crippen molar-refractivity contribution in [2.24, 2.45) is 0 Å². The minimum atomic E-state index is 0.332. The Morgan fingerprint density at radius 3 is 2.79 bits per heavy atom. The number of nitrogens with zero attached hydrogens (tertiary/aromatic N) is 2. The zero-order chi connectivity index (χ0) is 13.1. The van der Waals surface area contributed by atoms with Crippen LogP contribution in [0.1, 0.15) is 19.3 Å². The summed E-state index contributed by atoms with van der Waals surface area (Å²) in [5.41, 5.74) is 2.39. The van der Waals surface area contributed by atoms with E-state index < -0.39 is 0 Å². The molecule has 1 atom stereocenters. The highest BCUT2D eigenvalue weighted by atomic mass is 127. The second-order valence-corrected chi connectivity index (χ2v) is 6.19. The summed E-state index contributed by atoms with van der Waals surface area (Å²) in [7, 11) is 0. The van der Waals surface area contributed by atoms with Crippen LogP contribution in [0.25, 0.3) is 11.1 Å². The first-order chi connectivity index (χ1) is 9.31. The maximum Gasteiger partial charge on any atom is 0.0770 e. The lowest BCUT2D eigenvalue weighted by atomic mass is 10.1. The van der Waals surface area contributed by atoms with Crippen LogP contribution in [0.3, 0.4) is 0 Å². The minimum absolute atomic E-state index is 0.332. The monoisotopic (exact) mass is 368 g/mol. The quantitative estimate of drug-likeness (QED) is 0.773. The van der Waals surface area contributed by atoms with Crippen LogP contribution in [0, 0.1) is 3.57 Å². The van der Waals surface area contributed by atoms with Crippen LogP contribution < -0.4 is 0 Å². The van der Waals surface area contributed by atoms with Crippen LogP contribution >= 0.6 is 22.6 Å². The molecule has 0 amide bonds. The highest BCUT2D eigenvalue weighted by Crippen LogP contribution is 2.21. The first-order valence-electron chi connectivity index (χ1n) is 6.71. The summed E-state index contributed by atoms with van der Waals surface area (Å²) < 4.78 is 9.01. The van der Waals surface area contributed by atoms with Crippen LogP contribution in [0.4, 0.5) is 0 Å². The van der Waals surface area contributed by atoms with Crippen molar-refractivity contribution < 1.29 is 4.74 Å². The fraction of sp³-hybridized carbons (Fsp3) is 0.400. The molecule has 2 aromatic rings. The third-order valence-corrected chi connectivity index (χ3v) is 4.19. The predicted molar refractivity (Wildman–Crippen MR) is 84.0 cm³/mol. The molecule has 0 N–H and O–H groups in total. The van der Waals surface area contributed by atoms with Crippen molar-refractivity contribution >= 4 is 22.6 Å². The molecule has 0 bridgehead atoms. The summed E-state index contributed by atoms with van der Waals surface area (Å²) in [6.07, 6.45) is 8.00. The second kappa shape index (κ2) is 6.05. The van der Waals surface area contributed by atoms with Crippen molar-refractivity contribution in [3.63, 3.8) is 0 Å². The molecule has 1 aliphatic heterocycles. The molecule has 3 nitrogen and oxygen atoms in total. The molecule has 1 aromatic heterocycles. The van der Waals surface area contributed by atoms with E-state index in [-0.39, 0.29) is 0 Å². The smallest absolute Gasteiger partial charge is 0.0770 e. The molecule has 0 spiro atoms. The van der Waals surface area contributed by atoms with Crippen molar-refractivity contribution in [1.82, 2.24) is 9.78 Å². The van der Waals surface area contributed by atoms with Crippen LogP contribution in [-0.4, -0.2) is 22.5 Å². The molecule has 0 saturated carbocycles. The lowest BCUT2D eigenvalue weighted by Gasteiger charge is -2.22. The van der Waals surface area contributed by atoms with E-state index in [4.69, 9.17) is 4.74 Å². The molecular formula is C15H17IN2O. The highest BCUT2D eigenvalue weighted by molar-refractivity contribution is 14.1. The Morgan fingerprint density at radius 2 is 2.05 bits per heavy atom. The standard InChI is InChI=1S/C15H17IN2O/c16-14-6-4-12(5-7-14)13-9-17-18(10-13)11-15-3-1-2-8-19-15/h4-7,9-10,15H,1-3,8,11H2. The van der Waals surface area contributed by atoms with Gasteiger partial charge < -0.3 is 4.74 Å². The van der Waals surface area contributed by atoms with Gasteiger partial charge in [0.25, 0.3) is 0 Å². The number of hydrogen-bond donors (Lipinski definition) is 0. The summed E-state index contributed by atoms with van der Waals surface area (Å²) in [4.78, 5) is 0. The molecule has 3 rings (SSSR count). The number of halogens is 1. The van der Waals surface area contributed by atoms with Gasteiger partial charge in [-0.3, -0.25) is 4.68 Å². The SMILES string of the molecule is Ic1ccc(-c2cnn(CC3CCCCO3)c2)cc1. The maximum absolute atomic E-state index is 5.75. The minimum Gasteiger partial charge on any atom is -0.376 e. The van der Waals surface area contributed by atoms with Gasteiger partial charge in [-0.25, -0.2) is 0 Å². The summed E-state index contributed by atoms with van der Waals surface area (Å²) in [5, 5.41) is 4.44. The molecule has 1 saturated heterocycles. The average Bonchev–Trinajstić information content (AvgIpc) is 2.89. The van der Waals surface area contributed by atoms with Gasteiger partial charge >= 0.3 is 0 Å². The van der Waals surface area contributed by atoms with Gasteiger partial charge in [0.1, 0.15) is 0 Å². The second-order valence-electron chi connectivity index (χ2n) is 4.95. The van der Waals surface area contributed by atoms with Gasteiger partial charge in [0.15, 0.2) is 0 Å². The van der Waals surface area contributed by atoms with Gasteiger partial charge in [-0.05, 0) is 59.5 Å². The number of rotatable bonds is 3. The van der Waals surface area contributed by atoms with E-state index in [0.717, 1.165) is 19.6 Å². The van der Waals surface area contributed by atoms with Crippen LogP contribution in [0.2, 0.25) is 0 Å². The van der Waals surface area contributed by atoms with E-state index in [1.54, 1.807) is 0 Å². The molecular weight excluding hydrogens is 351 g/mol. The van der Waals surface area contributed by atoms with Gasteiger partial charge in [-0.1, -0.05) is 12.1 Å². The molecule has 2 heterocycles. The number of benzene rings is 1. The number of ether oxygens (including phenoxy) is 1. The van der Waals surface area contributed by atoms with E-state index in [2.05, 4.69) is 58.2 Å². The van der Waals surface area contributed by atoms with E-state index in [9.17, 15) is 0 Å².